The smallest absolute Gasteiger partial charge is 0.109 e. The van der Waals surface area contributed by atoms with Crippen LogP contribution < -0.4 is 11.1 Å². The lowest BCUT2D eigenvalue weighted by Gasteiger charge is -2.19. The van der Waals surface area contributed by atoms with E-state index in [1.807, 2.05) is 19.4 Å². The Balaban J connectivity index is 1.74. The van der Waals surface area contributed by atoms with Crippen LogP contribution >= 0.6 is 0 Å². The number of nitrogens with two attached hydrogens (primary N) is 1. The van der Waals surface area contributed by atoms with Gasteiger partial charge in [0.05, 0.1) is 0 Å². The van der Waals surface area contributed by atoms with Crippen LogP contribution in [0.3, 0.4) is 0 Å². The van der Waals surface area contributed by atoms with Gasteiger partial charge in [0.25, 0.3) is 0 Å². The van der Waals surface area contributed by atoms with Crippen molar-refractivity contribution in [1.82, 2.24) is 14.9 Å². The highest BCUT2D eigenvalue weighted by atomic mass is 15.0. The minimum atomic E-state index is 0.630. The van der Waals surface area contributed by atoms with Crippen molar-refractivity contribution in [1.29, 1.82) is 0 Å². The standard InChI is InChI=1S/C12H22N4/c1-16-8-7-15-12(16)5-6-14-11-4-2-3-10(11)9-13/h7-8,10-11,14H,2-6,9,13H2,1H3. The van der Waals surface area contributed by atoms with Gasteiger partial charge in [0.15, 0.2) is 0 Å². The number of hydrogen-bond donors (Lipinski definition) is 2. The predicted octanol–water partition coefficient (Wildman–Crippen LogP) is 0.680. The lowest BCUT2D eigenvalue weighted by molar-refractivity contribution is 0.408. The predicted molar refractivity (Wildman–Crippen MR) is 65.1 cm³/mol. The normalized spacial score (nSPS) is 25.1. The monoisotopic (exact) mass is 222 g/mol. The van der Waals surface area contributed by atoms with Gasteiger partial charge in [-0.15, -0.1) is 0 Å². The van der Waals surface area contributed by atoms with Crippen LogP contribution in [-0.2, 0) is 13.5 Å². The molecule has 4 heteroatoms. The molecule has 1 aromatic rings. The molecular formula is C12H22N4. The average molecular weight is 222 g/mol. The highest BCUT2D eigenvalue weighted by Gasteiger charge is 2.25. The summed E-state index contributed by atoms with van der Waals surface area (Å²) in [5, 5.41) is 3.61. The quantitative estimate of drug-likeness (QED) is 0.770. The summed E-state index contributed by atoms with van der Waals surface area (Å²) in [6.45, 7) is 1.83. The van der Waals surface area contributed by atoms with E-state index < -0.39 is 0 Å². The molecule has 2 rings (SSSR count). The summed E-state index contributed by atoms with van der Waals surface area (Å²) in [5.41, 5.74) is 5.76. The van der Waals surface area contributed by atoms with Gasteiger partial charge in [-0.1, -0.05) is 6.42 Å². The molecule has 1 aliphatic carbocycles. The van der Waals surface area contributed by atoms with Crippen LogP contribution in [-0.4, -0.2) is 28.7 Å². The maximum atomic E-state index is 5.76. The molecule has 0 radical (unpaired) electrons. The fourth-order valence-corrected chi connectivity index (χ4v) is 2.59. The van der Waals surface area contributed by atoms with E-state index >= 15 is 0 Å². The second-order valence-electron chi connectivity index (χ2n) is 4.69. The number of aromatic nitrogens is 2. The number of nitrogens with one attached hydrogen (secondary N) is 1. The molecule has 0 saturated heterocycles. The van der Waals surface area contributed by atoms with Crippen molar-refractivity contribution in [3.63, 3.8) is 0 Å². The third-order valence-electron chi connectivity index (χ3n) is 3.64. The molecule has 1 fully saturated rings. The molecule has 3 N–H and O–H groups in total. The Morgan fingerprint density at radius 2 is 2.44 bits per heavy atom. The van der Waals surface area contributed by atoms with E-state index in [0.29, 0.717) is 12.0 Å². The fraction of sp³-hybridized carbons (Fsp3) is 0.750. The third kappa shape index (κ3) is 2.62. The maximum Gasteiger partial charge on any atom is 0.109 e. The van der Waals surface area contributed by atoms with Gasteiger partial charge in [0, 0.05) is 38.4 Å². The SMILES string of the molecule is Cn1ccnc1CCNC1CCCC1CN. The highest BCUT2D eigenvalue weighted by Crippen LogP contribution is 2.24. The zero-order valence-corrected chi connectivity index (χ0v) is 10.0. The van der Waals surface area contributed by atoms with Gasteiger partial charge < -0.3 is 15.6 Å². The lowest BCUT2D eigenvalue weighted by atomic mass is 10.0. The lowest BCUT2D eigenvalue weighted by Crippen LogP contribution is -2.37. The molecule has 0 aliphatic heterocycles. The molecule has 2 atom stereocenters. The van der Waals surface area contributed by atoms with Gasteiger partial charge in [-0.05, 0) is 25.3 Å². The van der Waals surface area contributed by atoms with Gasteiger partial charge in [0.1, 0.15) is 5.82 Å². The molecule has 4 nitrogen and oxygen atoms in total. The van der Waals surface area contributed by atoms with Crippen LogP contribution in [0, 0.1) is 5.92 Å². The zero-order chi connectivity index (χ0) is 11.4. The summed E-state index contributed by atoms with van der Waals surface area (Å²) in [6, 6.07) is 0.630. The number of rotatable bonds is 5. The Bertz CT molecular complexity index is 321. The van der Waals surface area contributed by atoms with Crippen molar-refractivity contribution in [3.8, 4) is 0 Å². The Kier molecular flexibility index (Phi) is 3.96. The van der Waals surface area contributed by atoms with Crippen molar-refractivity contribution < 1.29 is 0 Å². The van der Waals surface area contributed by atoms with Gasteiger partial charge >= 0.3 is 0 Å². The van der Waals surface area contributed by atoms with Gasteiger partial charge in [-0.3, -0.25) is 0 Å². The van der Waals surface area contributed by atoms with Crippen molar-refractivity contribution >= 4 is 0 Å². The first kappa shape index (κ1) is 11.6. The van der Waals surface area contributed by atoms with E-state index in [4.69, 9.17) is 5.73 Å². The first-order valence-electron chi connectivity index (χ1n) is 6.21. The fourth-order valence-electron chi connectivity index (χ4n) is 2.59. The second-order valence-corrected chi connectivity index (χ2v) is 4.69. The van der Waals surface area contributed by atoms with Gasteiger partial charge in [-0.2, -0.15) is 0 Å². The van der Waals surface area contributed by atoms with Crippen LogP contribution in [0.25, 0.3) is 0 Å². The molecule has 1 saturated carbocycles. The first-order chi connectivity index (χ1) is 7.81. The topological polar surface area (TPSA) is 55.9 Å². The molecule has 90 valence electrons. The van der Waals surface area contributed by atoms with E-state index in [9.17, 15) is 0 Å². The zero-order valence-electron chi connectivity index (χ0n) is 10.0. The molecule has 2 unspecified atom stereocenters. The first-order valence-corrected chi connectivity index (χ1v) is 6.21. The summed E-state index contributed by atoms with van der Waals surface area (Å²) in [6.07, 6.45) is 8.74. The Labute approximate surface area is 97.2 Å². The molecule has 0 spiro atoms. The van der Waals surface area contributed by atoms with E-state index in [0.717, 1.165) is 25.3 Å². The van der Waals surface area contributed by atoms with Crippen molar-refractivity contribution in [2.45, 2.75) is 31.7 Å². The summed E-state index contributed by atoms with van der Waals surface area (Å²) >= 11 is 0. The number of imidazole rings is 1. The van der Waals surface area contributed by atoms with Gasteiger partial charge in [0.2, 0.25) is 0 Å². The van der Waals surface area contributed by atoms with Crippen LogP contribution in [0.2, 0.25) is 0 Å². The van der Waals surface area contributed by atoms with Crippen molar-refractivity contribution in [2.75, 3.05) is 13.1 Å². The van der Waals surface area contributed by atoms with Crippen LogP contribution in [0.4, 0.5) is 0 Å². The molecule has 16 heavy (non-hydrogen) atoms. The number of aryl methyl sites for hydroxylation is 1. The maximum absolute atomic E-state index is 5.76. The van der Waals surface area contributed by atoms with Crippen molar-refractivity contribution in [2.24, 2.45) is 18.7 Å². The molecule has 0 bridgehead atoms. The van der Waals surface area contributed by atoms with E-state index in [1.54, 1.807) is 0 Å². The highest BCUT2D eigenvalue weighted by molar-refractivity contribution is 4.92. The molecule has 1 aromatic heterocycles. The summed E-state index contributed by atoms with van der Waals surface area (Å²) in [4.78, 5) is 4.32. The summed E-state index contributed by atoms with van der Waals surface area (Å²) in [5.74, 6) is 1.83. The molecule has 1 aliphatic rings. The van der Waals surface area contributed by atoms with E-state index in [-0.39, 0.29) is 0 Å². The Hall–Kier alpha value is -0.870. The van der Waals surface area contributed by atoms with Gasteiger partial charge in [-0.25, -0.2) is 4.98 Å². The second kappa shape index (κ2) is 5.46. The Morgan fingerprint density at radius 1 is 1.56 bits per heavy atom. The summed E-state index contributed by atoms with van der Waals surface area (Å²) in [7, 11) is 2.04. The molecular weight excluding hydrogens is 200 g/mol. The molecule has 1 heterocycles. The van der Waals surface area contributed by atoms with Crippen LogP contribution in [0.5, 0.6) is 0 Å². The van der Waals surface area contributed by atoms with Crippen molar-refractivity contribution in [3.05, 3.63) is 18.2 Å². The summed E-state index contributed by atoms with van der Waals surface area (Å²) < 4.78 is 2.08. The minimum absolute atomic E-state index is 0.630. The average Bonchev–Trinajstić information content (AvgIpc) is 2.88. The van der Waals surface area contributed by atoms with Crippen LogP contribution in [0.15, 0.2) is 12.4 Å². The van der Waals surface area contributed by atoms with Crippen LogP contribution in [0.1, 0.15) is 25.1 Å². The minimum Gasteiger partial charge on any atom is -0.338 e. The third-order valence-corrected chi connectivity index (χ3v) is 3.64. The van der Waals surface area contributed by atoms with E-state index in [2.05, 4.69) is 14.9 Å². The molecule has 0 amide bonds. The van der Waals surface area contributed by atoms with E-state index in [1.165, 1.54) is 19.3 Å². The number of nitrogens with zero attached hydrogens (tertiary/aromatic N) is 2. The molecule has 0 aromatic carbocycles. The number of hydrogen-bond acceptors (Lipinski definition) is 3. The largest absolute Gasteiger partial charge is 0.338 e. The Morgan fingerprint density at radius 3 is 3.12 bits per heavy atom.